The number of guanidine groups is 1. The second-order valence-corrected chi connectivity index (χ2v) is 7.11. The predicted octanol–water partition coefficient (Wildman–Crippen LogP) is 3.25. The lowest BCUT2D eigenvalue weighted by atomic mass is 10.1. The summed E-state index contributed by atoms with van der Waals surface area (Å²) in [6.45, 7) is 3.25. The number of nitrogens with zero attached hydrogens (tertiary/aromatic N) is 2. The van der Waals surface area contributed by atoms with Crippen molar-refractivity contribution in [2.24, 2.45) is 4.99 Å². The largest absolute Gasteiger partial charge is 0.363 e. The van der Waals surface area contributed by atoms with Crippen molar-refractivity contribution in [1.82, 2.24) is 10.6 Å². The maximum atomic E-state index is 4.32. The van der Waals surface area contributed by atoms with Gasteiger partial charge in [-0.25, -0.2) is 0 Å². The number of rotatable bonds is 6. The van der Waals surface area contributed by atoms with Gasteiger partial charge in [-0.05, 0) is 48.8 Å². The molecule has 22 heavy (non-hydrogen) atoms. The molecule has 0 aromatic carbocycles. The predicted molar refractivity (Wildman–Crippen MR) is 112 cm³/mol. The van der Waals surface area contributed by atoms with Gasteiger partial charge >= 0.3 is 0 Å². The summed E-state index contributed by atoms with van der Waals surface area (Å²) < 4.78 is 0. The molecule has 2 heterocycles. The van der Waals surface area contributed by atoms with Crippen LogP contribution in [0.15, 0.2) is 22.5 Å². The number of hydrogen-bond donors (Lipinski definition) is 2. The standard InChI is InChI=1S/C15H26N4S2.HI/c1-16-15(17-8-4-11-20-2)18-13-6-9-19(10-7-13)14-5-3-12-21-14;/h3,5,12-13H,4,6-11H2,1-2H3,(H2,16,17,18);1H. The minimum atomic E-state index is 0. The van der Waals surface area contributed by atoms with Crippen molar-refractivity contribution in [3.05, 3.63) is 17.5 Å². The fourth-order valence-electron chi connectivity index (χ4n) is 2.51. The number of thioether (sulfide) groups is 1. The molecule has 0 atom stereocenters. The van der Waals surface area contributed by atoms with Crippen molar-refractivity contribution in [3.8, 4) is 0 Å². The first-order valence-corrected chi connectivity index (χ1v) is 9.85. The normalized spacial score (nSPS) is 16.3. The van der Waals surface area contributed by atoms with Crippen LogP contribution in [0.5, 0.6) is 0 Å². The molecule has 1 saturated heterocycles. The molecule has 1 aliphatic rings. The lowest BCUT2D eigenvalue weighted by Crippen LogP contribution is -2.48. The third-order valence-electron chi connectivity index (χ3n) is 3.69. The average Bonchev–Trinajstić information content (AvgIpc) is 3.05. The van der Waals surface area contributed by atoms with Gasteiger partial charge in [0.1, 0.15) is 0 Å². The Hall–Kier alpha value is -0.150. The molecule has 1 aliphatic heterocycles. The molecule has 0 bridgehead atoms. The Balaban J connectivity index is 0.00000242. The third-order valence-corrected chi connectivity index (χ3v) is 5.32. The van der Waals surface area contributed by atoms with Gasteiger partial charge in [0, 0.05) is 32.7 Å². The lowest BCUT2D eigenvalue weighted by molar-refractivity contribution is 0.463. The van der Waals surface area contributed by atoms with Crippen LogP contribution in [-0.2, 0) is 0 Å². The Morgan fingerprint density at radius 1 is 1.45 bits per heavy atom. The molecular formula is C15H27IN4S2. The highest BCUT2D eigenvalue weighted by molar-refractivity contribution is 14.0. The molecule has 1 fully saturated rings. The van der Waals surface area contributed by atoms with Crippen molar-refractivity contribution in [3.63, 3.8) is 0 Å². The SMILES string of the molecule is CN=C(NCCCSC)NC1CCN(c2cccs2)CC1.I. The molecule has 0 unspecified atom stereocenters. The Labute approximate surface area is 159 Å². The van der Waals surface area contributed by atoms with Crippen LogP contribution in [0.3, 0.4) is 0 Å². The third kappa shape index (κ3) is 6.54. The highest BCUT2D eigenvalue weighted by atomic mass is 127. The summed E-state index contributed by atoms with van der Waals surface area (Å²) in [4.78, 5) is 6.81. The van der Waals surface area contributed by atoms with Crippen LogP contribution in [-0.4, -0.2) is 50.7 Å². The first-order chi connectivity index (χ1) is 10.3. The van der Waals surface area contributed by atoms with E-state index in [1.54, 1.807) is 0 Å². The Bertz CT molecular complexity index is 417. The molecule has 1 aromatic heterocycles. The molecule has 0 aliphatic carbocycles. The number of piperidine rings is 1. The zero-order valence-electron chi connectivity index (χ0n) is 13.4. The highest BCUT2D eigenvalue weighted by Crippen LogP contribution is 2.24. The van der Waals surface area contributed by atoms with Gasteiger partial charge in [-0.1, -0.05) is 0 Å². The monoisotopic (exact) mass is 454 g/mol. The molecule has 2 rings (SSSR count). The van der Waals surface area contributed by atoms with E-state index in [0.29, 0.717) is 6.04 Å². The van der Waals surface area contributed by atoms with Crippen LogP contribution in [0, 0.1) is 0 Å². The second kappa shape index (κ2) is 11.4. The molecule has 2 N–H and O–H groups in total. The van der Waals surface area contributed by atoms with Crippen LogP contribution >= 0.6 is 47.1 Å². The van der Waals surface area contributed by atoms with E-state index in [0.717, 1.165) is 25.6 Å². The number of hydrogen-bond acceptors (Lipinski definition) is 4. The molecule has 1 aromatic rings. The van der Waals surface area contributed by atoms with Gasteiger partial charge < -0.3 is 15.5 Å². The fraction of sp³-hybridized carbons (Fsp3) is 0.667. The zero-order chi connectivity index (χ0) is 14.9. The van der Waals surface area contributed by atoms with Crippen molar-refractivity contribution in [1.29, 1.82) is 0 Å². The van der Waals surface area contributed by atoms with Crippen molar-refractivity contribution in [2.75, 3.05) is 43.6 Å². The van der Waals surface area contributed by atoms with Crippen LogP contribution in [0.2, 0.25) is 0 Å². The second-order valence-electron chi connectivity index (χ2n) is 5.20. The summed E-state index contributed by atoms with van der Waals surface area (Å²) >= 11 is 3.72. The summed E-state index contributed by atoms with van der Waals surface area (Å²) in [5, 5.41) is 10.5. The average molecular weight is 454 g/mol. The van der Waals surface area contributed by atoms with Gasteiger partial charge in [-0.2, -0.15) is 11.8 Å². The van der Waals surface area contributed by atoms with E-state index in [9.17, 15) is 0 Å². The maximum Gasteiger partial charge on any atom is 0.191 e. The number of thiophene rings is 1. The van der Waals surface area contributed by atoms with Crippen molar-refractivity contribution in [2.45, 2.75) is 25.3 Å². The molecule has 126 valence electrons. The van der Waals surface area contributed by atoms with Crippen molar-refractivity contribution >= 4 is 58.0 Å². The topological polar surface area (TPSA) is 39.7 Å². The number of halogens is 1. The molecule has 4 nitrogen and oxygen atoms in total. The van der Waals surface area contributed by atoms with Gasteiger partial charge in [0.05, 0.1) is 5.00 Å². The maximum absolute atomic E-state index is 4.32. The summed E-state index contributed by atoms with van der Waals surface area (Å²) in [7, 11) is 1.85. The summed E-state index contributed by atoms with van der Waals surface area (Å²) in [5.41, 5.74) is 0. The molecular weight excluding hydrogens is 427 g/mol. The van der Waals surface area contributed by atoms with E-state index in [2.05, 4.69) is 44.3 Å². The number of anilines is 1. The smallest absolute Gasteiger partial charge is 0.191 e. The summed E-state index contributed by atoms with van der Waals surface area (Å²) in [6, 6.07) is 4.88. The Morgan fingerprint density at radius 2 is 2.23 bits per heavy atom. The minimum absolute atomic E-state index is 0. The fourth-order valence-corrected chi connectivity index (χ4v) is 3.72. The molecule has 0 saturated carbocycles. The van der Waals surface area contributed by atoms with Gasteiger partial charge in [0.25, 0.3) is 0 Å². The molecule has 0 spiro atoms. The van der Waals surface area contributed by atoms with E-state index in [4.69, 9.17) is 0 Å². The summed E-state index contributed by atoms with van der Waals surface area (Å²) in [6.07, 6.45) is 5.67. The first kappa shape index (κ1) is 19.9. The lowest BCUT2D eigenvalue weighted by Gasteiger charge is -2.33. The first-order valence-electron chi connectivity index (χ1n) is 7.58. The molecule has 7 heteroatoms. The van der Waals surface area contributed by atoms with E-state index < -0.39 is 0 Å². The number of aliphatic imine (C=N–C) groups is 1. The highest BCUT2D eigenvalue weighted by Gasteiger charge is 2.20. The summed E-state index contributed by atoms with van der Waals surface area (Å²) in [5.74, 6) is 2.15. The van der Waals surface area contributed by atoms with E-state index in [1.807, 2.05) is 30.1 Å². The van der Waals surface area contributed by atoms with E-state index >= 15 is 0 Å². The minimum Gasteiger partial charge on any atom is -0.363 e. The van der Waals surface area contributed by atoms with Crippen molar-refractivity contribution < 1.29 is 0 Å². The quantitative estimate of drug-likeness (QED) is 0.300. The zero-order valence-corrected chi connectivity index (χ0v) is 17.3. The number of nitrogens with one attached hydrogen (secondary N) is 2. The molecule has 0 radical (unpaired) electrons. The Kier molecular flexibility index (Phi) is 10.3. The van der Waals surface area contributed by atoms with Gasteiger partial charge in [0.2, 0.25) is 0 Å². The van der Waals surface area contributed by atoms with Crippen LogP contribution in [0.1, 0.15) is 19.3 Å². The van der Waals surface area contributed by atoms with Gasteiger partial charge in [-0.3, -0.25) is 4.99 Å². The van der Waals surface area contributed by atoms with Crippen LogP contribution in [0.25, 0.3) is 0 Å². The van der Waals surface area contributed by atoms with E-state index in [-0.39, 0.29) is 24.0 Å². The van der Waals surface area contributed by atoms with Crippen LogP contribution in [0.4, 0.5) is 5.00 Å². The van der Waals surface area contributed by atoms with Crippen LogP contribution < -0.4 is 15.5 Å². The van der Waals surface area contributed by atoms with Gasteiger partial charge in [-0.15, -0.1) is 35.3 Å². The van der Waals surface area contributed by atoms with E-state index in [1.165, 1.54) is 30.0 Å². The Morgan fingerprint density at radius 3 is 2.82 bits per heavy atom. The van der Waals surface area contributed by atoms with Gasteiger partial charge in [0.15, 0.2) is 5.96 Å². The molecule has 0 amide bonds.